The third-order valence-electron chi connectivity index (χ3n) is 3.90. The van der Waals surface area contributed by atoms with Crippen molar-refractivity contribution in [3.63, 3.8) is 0 Å². The Morgan fingerprint density at radius 3 is 1.65 bits per heavy atom. The Labute approximate surface area is 142 Å². The summed E-state index contributed by atoms with van der Waals surface area (Å²) in [5.41, 5.74) is 0. The SMILES string of the molecule is O=C(O)CCCCCCCC=CCC=CCCCCCCCO. The zero-order valence-electron chi connectivity index (χ0n) is 14.7. The van der Waals surface area contributed by atoms with Crippen LogP contribution < -0.4 is 0 Å². The number of aliphatic hydroxyl groups is 1. The van der Waals surface area contributed by atoms with Crippen LogP contribution in [0.15, 0.2) is 24.3 Å². The van der Waals surface area contributed by atoms with E-state index in [1.165, 1.54) is 38.5 Å². The lowest BCUT2D eigenvalue weighted by molar-refractivity contribution is -0.137. The van der Waals surface area contributed by atoms with Crippen molar-refractivity contribution in [1.29, 1.82) is 0 Å². The highest BCUT2D eigenvalue weighted by molar-refractivity contribution is 5.66. The van der Waals surface area contributed by atoms with Gasteiger partial charge in [-0.1, -0.05) is 62.8 Å². The molecule has 0 unspecified atom stereocenters. The summed E-state index contributed by atoms with van der Waals surface area (Å²) in [6, 6.07) is 0. The Morgan fingerprint density at radius 2 is 1.13 bits per heavy atom. The highest BCUT2D eigenvalue weighted by Crippen LogP contribution is 2.08. The zero-order valence-corrected chi connectivity index (χ0v) is 14.7. The number of rotatable bonds is 17. The molecule has 0 saturated heterocycles. The fraction of sp³-hybridized carbons (Fsp3) is 0.750. The second-order valence-electron chi connectivity index (χ2n) is 6.16. The molecule has 0 radical (unpaired) electrons. The van der Waals surface area contributed by atoms with Gasteiger partial charge in [-0.25, -0.2) is 0 Å². The van der Waals surface area contributed by atoms with E-state index in [0.717, 1.165) is 44.9 Å². The minimum atomic E-state index is -0.678. The molecular formula is C20H36O3. The average Bonchev–Trinajstić information content (AvgIpc) is 2.53. The van der Waals surface area contributed by atoms with Crippen molar-refractivity contribution in [1.82, 2.24) is 0 Å². The number of allylic oxidation sites excluding steroid dienone is 4. The van der Waals surface area contributed by atoms with Gasteiger partial charge in [-0.15, -0.1) is 0 Å². The van der Waals surface area contributed by atoms with Crippen molar-refractivity contribution >= 4 is 5.97 Å². The van der Waals surface area contributed by atoms with Gasteiger partial charge in [0.2, 0.25) is 0 Å². The van der Waals surface area contributed by atoms with Crippen LogP contribution in [0.1, 0.15) is 89.9 Å². The fourth-order valence-electron chi connectivity index (χ4n) is 2.48. The van der Waals surface area contributed by atoms with Crippen molar-refractivity contribution in [2.45, 2.75) is 89.9 Å². The first-order valence-electron chi connectivity index (χ1n) is 9.40. The van der Waals surface area contributed by atoms with Gasteiger partial charge in [-0.2, -0.15) is 0 Å². The molecule has 0 spiro atoms. The van der Waals surface area contributed by atoms with E-state index >= 15 is 0 Å². The Balaban J connectivity index is 3.18. The van der Waals surface area contributed by atoms with Crippen LogP contribution in [0.5, 0.6) is 0 Å². The topological polar surface area (TPSA) is 57.5 Å². The third kappa shape index (κ3) is 20.9. The molecule has 2 N–H and O–H groups in total. The number of hydrogen-bond donors (Lipinski definition) is 2. The summed E-state index contributed by atoms with van der Waals surface area (Å²) >= 11 is 0. The molecule has 0 bridgehead atoms. The number of carbonyl (C=O) groups is 1. The molecule has 0 aliphatic heterocycles. The zero-order chi connectivity index (χ0) is 17.0. The van der Waals surface area contributed by atoms with Crippen LogP contribution in [-0.4, -0.2) is 22.8 Å². The van der Waals surface area contributed by atoms with Gasteiger partial charge < -0.3 is 10.2 Å². The summed E-state index contributed by atoms with van der Waals surface area (Å²) in [7, 11) is 0. The van der Waals surface area contributed by atoms with Crippen molar-refractivity contribution in [3.05, 3.63) is 24.3 Å². The molecule has 0 aromatic heterocycles. The van der Waals surface area contributed by atoms with Gasteiger partial charge in [0.1, 0.15) is 0 Å². The summed E-state index contributed by atoms with van der Waals surface area (Å²) in [6.45, 7) is 0.330. The van der Waals surface area contributed by atoms with E-state index in [1.54, 1.807) is 0 Å². The molecule has 0 fully saturated rings. The maximum atomic E-state index is 10.3. The molecule has 0 amide bonds. The van der Waals surface area contributed by atoms with E-state index in [0.29, 0.717) is 13.0 Å². The molecule has 0 saturated carbocycles. The maximum absolute atomic E-state index is 10.3. The second kappa shape index (κ2) is 19.0. The molecule has 0 aromatic rings. The van der Waals surface area contributed by atoms with Gasteiger partial charge in [0.15, 0.2) is 0 Å². The lowest BCUT2D eigenvalue weighted by Gasteiger charge is -1.98. The van der Waals surface area contributed by atoms with Crippen LogP contribution >= 0.6 is 0 Å². The van der Waals surface area contributed by atoms with Crippen LogP contribution in [0, 0.1) is 0 Å². The summed E-state index contributed by atoms with van der Waals surface area (Å²) < 4.78 is 0. The van der Waals surface area contributed by atoms with Crippen LogP contribution in [-0.2, 0) is 4.79 Å². The Morgan fingerprint density at radius 1 is 0.652 bits per heavy atom. The molecule has 0 atom stereocenters. The number of unbranched alkanes of at least 4 members (excludes halogenated alkanes) is 10. The highest BCUT2D eigenvalue weighted by atomic mass is 16.4. The molecule has 3 nitrogen and oxygen atoms in total. The quantitative estimate of drug-likeness (QED) is 0.269. The smallest absolute Gasteiger partial charge is 0.303 e. The monoisotopic (exact) mass is 324 g/mol. The van der Waals surface area contributed by atoms with E-state index in [1.807, 2.05) is 0 Å². The first-order valence-corrected chi connectivity index (χ1v) is 9.40. The van der Waals surface area contributed by atoms with E-state index < -0.39 is 5.97 Å². The number of hydrogen-bond acceptors (Lipinski definition) is 2. The lowest BCUT2D eigenvalue weighted by atomic mass is 10.1. The van der Waals surface area contributed by atoms with Crippen molar-refractivity contribution in [2.24, 2.45) is 0 Å². The van der Waals surface area contributed by atoms with E-state index in [2.05, 4.69) is 24.3 Å². The van der Waals surface area contributed by atoms with E-state index in [9.17, 15) is 4.79 Å². The maximum Gasteiger partial charge on any atom is 0.303 e. The van der Waals surface area contributed by atoms with Crippen LogP contribution in [0.4, 0.5) is 0 Å². The van der Waals surface area contributed by atoms with Crippen LogP contribution in [0.3, 0.4) is 0 Å². The third-order valence-corrected chi connectivity index (χ3v) is 3.90. The molecule has 0 aromatic carbocycles. The number of aliphatic hydroxyl groups excluding tert-OH is 1. The molecule has 0 aliphatic rings. The summed E-state index contributed by atoms with van der Waals surface area (Å²) in [5.74, 6) is -0.678. The molecule has 3 heteroatoms. The second-order valence-corrected chi connectivity index (χ2v) is 6.16. The predicted octanol–water partition coefficient (Wildman–Crippen LogP) is 5.64. The fourth-order valence-corrected chi connectivity index (χ4v) is 2.48. The number of carboxylic acids is 1. The first kappa shape index (κ1) is 21.9. The summed E-state index contributed by atoms with van der Waals surface area (Å²) in [4.78, 5) is 10.3. The molecule has 23 heavy (non-hydrogen) atoms. The molecule has 0 heterocycles. The minimum Gasteiger partial charge on any atom is -0.481 e. The van der Waals surface area contributed by atoms with Gasteiger partial charge in [-0.3, -0.25) is 4.79 Å². The molecule has 0 aliphatic carbocycles. The van der Waals surface area contributed by atoms with Crippen molar-refractivity contribution < 1.29 is 15.0 Å². The standard InChI is InChI=1S/C20H36O3/c21-19-17-15-13-11-9-7-5-3-1-2-4-6-8-10-12-14-16-18-20(22)23/h2-5,21H,1,6-19H2,(H,22,23). The molecule has 134 valence electrons. The Kier molecular flexibility index (Phi) is 18.1. The average molecular weight is 325 g/mol. The lowest BCUT2D eigenvalue weighted by Crippen LogP contribution is -1.93. The van der Waals surface area contributed by atoms with Gasteiger partial charge in [0.25, 0.3) is 0 Å². The summed E-state index contributed by atoms with van der Waals surface area (Å²) in [6.07, 6.45) is 24.0. The van der Waals surface area contributed by atoms with E-state index in [-0.39, 0.29) is 0 Å². The summed E-state index contributed by atoms with van der Waals surface area (Å²) in [5, 5.41) is 17.2. The number of aliphatic carboxylic acids is 1. The van der Waals surface area contributed by atoms with Gasteiger partial charge in [0.05, 0.1) is 0 Å². The molecule has 0 rings (SSSR count). The van der Waals surface area contributed by atoms with Gasteiger partial charge in [-0.05, 0) is 44.9 Å². The van der Waals surface area contributed by atoms with Crippen molar-refractivity contribution in [3.8, 4) is 0 Å². The minimum absolute atomic E-state index is 0.314. The number of carboxylic acid groups (broad SMARTS) is 1. The molecular weight excluding hydrogens is 288 g/mol. The van der Waals surface area contributed by atoms with Gasteiger partial charge in [0, 0.05) is 13.0 Å². The normalized spacial score (nSPS) is 11.7. The van der Waals surface area contributed by atoms with Crippen LogP contribution in [0.25, 0.3) is 0 Å². The Bertz CT molecular complexity index is 308. The largest absolute Gasteiger partial charge is 0.481 e. The van der Waals surface area contributed by atoms with Gasteiger partial charge >= 0.3 is 5.97 Å². The first-order chi connectivity index (χ1) is 11.3. The van der Waals surface area contributed by atoms with Crippen LogP contribution in [0.2, 0.25) is 0 Å². The van der Waals surface area contributed by atoms with E-state index in [4.69, 9.17) is 10.2 Å². The van der Waals surface area contributed by atoms with Crippen molar-refractivity contribution in [2.75, 3.05) is 6.61 Å². The highest BCUT2D eigenvalue weighted by Gasteiger charge is 1.95. The predicted molar refractivity (Wildman–Crippen MR) is 97.6 cm³/mol. The Hall–Kier alpha value is -1.09.